The first-order valence-electron chi connectivity index (χ1n) is 5.06. The van der Waals surface area contributed by atoms with Crippen molar-refractivity contribution in [3.05, 3.63) is 18.2 Å². The Balaban J connectivity index is 1.84. The molecule has 78 valence electrons. The van der Waals surface area contributed by atoms with Crippen molar-refractivity contribution < 1.29 is 4.74 Å². The zero-order valence-corrected chi connectivity index (χ0v) is 8.91. The van der Waals surface area contributed by atoms with E-state index in [-0.39, 0.29) is 0 Å². The van der Waals surface area contributed by atoms with Crippen LogP contribution in [0.1, 0.15) is 25.0 Å². The van der Waals surface area contributed by atoms with Crippen molar-refractivity contribution in [1.29, 1.82) is 0 Å². The predicted octanol–water partition coefficient (Wildman–Crippen LogP) is 2.19. The Morgan fingerprint density at radius 1 is 1.64 bits per heavy atom. The standard InChI is InChI=1S/C10H15ClN2O/c11-6-9-7-12-8-13(9)4-3-10-2-1-5-14-10/h7-8,10H,1-6H2. The highest BCUT2D eigenvalue weighted by Gasteiger charge is 2.15. The van der Waals surface area contributed by atoms with Gasteiger partial charge in [0.2, 0.25) is 0 Å². The molecular formula is C10H15ClN2O. The lowest BCUT2D eigenvalue weighted by molar-refractivity contribution is 0.100. The van der Waals surface area contributed by atoms with Crippen molar-refractivity contribution in [1.82, 2.24) is 9.55 Å². The van der Waals surface area contributed by atoms with Crippen molar-refractivity contribution in [3.63, 3.8) is 0 Å². The summed E-state index contributed by atoms with van der Waals surface area (Å²) in [4.78, 5) is 4.08. The molecule has 1 fully saturated rings. The summed E-state index contributed by atoms with van der Waals surface area (Å²) in [6.45, 7) is 1.89. The van der Waals surface area contributed by atoms with Crippen LogP contribution in [0.25, 0.3) is 0 Å². The average Bonchev–Trinajstić information content (AvgIpc) is 2.85. The first-order valence-corrected chi connectivity index (χ1v) is 5.60. The number of nitrogens with zero attached hydrogens (tertiary/aromatic N) is 2. The van der Waals surface area contributed by atoms with Crippen LogP contribution in [0.3, 0.4) is 0 Å². The van der Waals surface area contributed by atoms with Crippen LogP contribution in [-0.4, -0.2) is 22.3 Å². The second-order valence-electron chi connectivity index (χ2n) is 3.64. The quantitative estimate of drug-likeness (QED) is 0.719. The molecule has 1 saturated heterocycles. The molecule has 1 aromatic rings. The minimum atomic E-state index is 0.445. The monoisotopic (exact) mass is 214 g/mol. The largest absolute Gasteiger partial charge is 0.378 e. The van der Waals surface area contributed by atoms with Gasteiger partial charge in [0.1, 0.15) is 0 Å². The summed E-state index contributed by atoms with van der Waals surface area (Å²) < 4.78 is 7.66. The SMILES string of the molecule is ClCc1cncn1CCC1CCCO1. The van der Waals surface area contributed by atoms with Gasteiger partial charge in [-0.1, -0.05) is 0 Å². The maximum Gasteiger partial charge on any atom is 0.0948 e. The summed E-state index contributed by atoms with van der Waals surface area (Å²) >= 11 is 5.78. The lowest BCUT2D eigenvalue weighted by Crippen LogP contribution is -2.10. The van der Waals surface area contributed by atoms with Gasteiger partial charge >= 0.3 is 0 Å². The number of rotatable bonds is 4. The molecule has 0 aromatic carbocycles. The van der Waals surface area contributed by atoms with Crippen molar-refractivity contribution in [2.24, 2.45) is 0 Å². The fourth-order valence-electron chi connectivity index (χ4n) is 1.82. The number of aromatic nitrogens is 2. The summed E-state index contributed by atoms with van der Waals surface area (Å²) in [5, 5.41) is 0. The van der Waals surface area contributed by atoms with E-state index >= 15 is 0 Å². The van der Waals surface area contributed by atoms with Crippen LogP contribution in [0.15, 0.2) is 12.5 Å². The van der Waals surface area contributed by atoms with Gasteiger partial charge in [-0.25, -0.2) is 4.98 Å². The van der Waals surface area contributed by atoms with E-state index in [1.54, 1.807) is 0 Å². The minimum Gasteiger partial charge on any atom is -0.378 e. The third kappa shape index (κ3) is 2.28. The van der Waals surface area contributed by atoms with Crippen molar-refractivity contribution in [2.45, 2.75) is 37.8 Å². The van der Waals surface area contributed by atoms with Crippen LogP contribution in [-0.2, 0) is 17.2 Å². The van der Waals surface area contributed by atoms with E-state index in [1.165, 1.54) is 12.8 Å². The number of ether oxygens (including phenoxy) is 1. The average molecular weight is 215 g/mol. The fourth-order valence-corrected chi connectivity index (χ4v) is 2.04. The lowest BCUT2D eigenvalue weighted by atomic mass is 10.2. The normalized spacial score (nSPS) is 21.6. The third-order valence-electron chi connectivity index (χ3n) is 2.65. The molecule has 14 heavy (non-hydrogen) atoms. The maximum atomic E-state index is 5.78. The fraction of sp³-hybridized carbons (Fsp3) is 0.700. The van der Waals surface area contributed by atoms with Crippen LogP contribution in [0.5, 0.6) is 0 Å². The summed E-state index contributed by atoms with van der Waals surface area (Å²) in [6.07, 6.45) is 7.58. The van der Waals surface area contributed by atoms with Crippen molar-refractivity contribution in [2.75, 3.05) is 6.61 Å². The van der Waals surface area contributed by atoms with Gasteiger partial charge < -0.3 is 9.30 Å². The predicted molar refractivity (Wildman–Crippen MR) is 55.4 cm³/mol. The molecule has 0 amide bonds. The molecular weight excluding hydrogens is 200 g/mol. The summed E-state index contributed by atoms with van der Waals surface area (Å²) in [5.74, 6) is 0.533. The minimum absolute atomic E-state index is 0.445. The number of imidazole rings is 1. The van der Waals surface area contributed by atoms with E-state index in [0.717, 1.165) is 25.3 Å². The summed E-state index contributed by atoms with van der Waals surface area (Å²) in [5.41, 5.74) is 1.09. The van der Waals surface area contributed by atoms with Crippen LogP contribution in [0, 0.1) is 0 Å². The molecule has 1 aromatic heterocycles. The molecule has 2 rings (SSSR count). The number of halogens is 1. The Morgan fingerprint density at radius 2 is 2.57 bits per heavy atom. The molecule has 0 N–H and O–H groups in total. The molecule has 4 heteroatoms. The van der Waals surface area contributed by atoms with Gasteiger partial charge in [-0.05, 0) is 19.3 Å². The molecule has 0 saturated carbocycles. The second-order valence-corrected chi connectivity index (χ2v) is 3.90. The zero-order valence-electron chi connectivity index (χ0n) is 8.16. The van der Waals surface area contributed by atoms with Gasteiger partial charge in [0.05, 0.1) is 24.0 Å². The van der Waals surface area contributed by atoms with Gasteiger partial charge in [-0.3, -0.25) is 0 Å². The molecule has 1 atom stereocenters. The van der Waals surface area contributed by atoms with E-state index in [1.807, 2.05) is 12.5 Å². The third-order valence-corrected chi connectivity index (χ3v) is 2.93. The summed E-state index contributed by atoms with van der Waals surface area (Å²) in [7, 11) is 0. The first-order chi connectivity index (χ1) is 6.90. The Kier molecular flexibility index (Phi) is 3.43. The molecule has 0 aliphatic carbocycles. The Labute approximate surface area is 89.0 Å². The number of hydrogen-bond donors (Lipinski definition) is 0. The molecule has 0 spiro atoms. The maximum absolute atomic E-state index is 5.78. The Morgan fingerprint density at radius 3 is 3.29 bits per heavy atom. The second kappa shape index (κ2) is 4.80. The molecule has 1 aliphatic rings. The van der Waals surface area contributed by atoms with Gasteiger partial charge in [-0.2, -0.15) is 0 Å². The van der Waals surface area contributed by atoms with E-state index in [4.69, 9.17) is 16.3 Å². The Bertz CT molecular complexity index is 281. The number of hydrogen-bond acceptors (Lipinski definition) is 2. The van der Waals surface area contributed by atoms with E-state index in [9.17, 15) is 0 Å². The number of aryl methyl sites for hydroxylation is 1. The molecule has 1 unspecified atom stereocenters. The highest BCUT2D eigenvalue weighted by Crippen LogP contribution is 2.16. The molecule has 3 nitrogen and oxygen atoms in total. The smallest absolute Gasteiger partial charge is 0.0948 e. The van der Waals surface area contributed by atoms with Crippen molar-refractivity contribution in [3.8, 4) is 0 Å². The van der Waals surface area contributed by atoms with Crippen LogP contribution in [0.2, 0.25) is 0 Å². The first kappa shape index (κ1) is 9.99. The highest BCUT2D eigenvalue weighted by molar-refractivity contribution is 6.16. The topological polar surface area (TPSA) is 27.1 Å². The molecule has 0 radical (unpaired) electrons. The number of alkyl halides is 1. The Hall–Kier alpha value is -0.540. The van der Waals surface area contributed by atoms with Gasteiger partial charge in [0.25, 0.3) is 0 Å². The van der Waals surface area contributed by atoms with E-state index in [0.29, 0.717) is 12.0 Å². The van der Waals surface area contributed by atoms with Gasteiger partial charge in [0.15, 0.2) is 0 Å². The van der Waals surface area contributed by atoms with Crippen LogP contribution >= 0.6 is 11.6 Å². The lowest BCUT2D eigenvalue weighted by Gasteiger charge is -2.10. The molecule has 2 heterocycles. The van der Waals surface area contributed by atoms with E-state index < -0.39 is 0 Å². The highest BCUT2D eigenvalue weighted by atomic mass is 35.5. The molecule has 0 bridgehead atoms. The van der Waals surface area contributed by atoms with Crippen molar-refractivity contribution >= 4 is 11.6 Å². The summed E-state index contributed by atoms with van der Waals surface area (Å²) in [6, 6.07) is 0. The van der Waals surface area contributed by atoms with Crippen LogP contribution < -0.4 is 0 Å². The molecule has 1 aliphatic heterocycles. The van der Waals surface area contributed by atoms with Gasteiger partial charge in [-0.15, -0.1) is 11.6 Å². The van der Waals surface area contributed by atoms with E-state index in [2.05, 4.69) is 9.55 Å². The zero-order chi connectivity index (χ0) is 9.80. The van der Waals surface area contributed by atoms with Crippen LogP contribution in [0.4, 0.5) is 0 Å². The van der Waals surface area contributed by atoms with Gasteiger partial charge in [0, 0.05) is 19.3 Å².